The first-order chi connectivity index (χ1) is 18.8. The Morgan fingerprint density at radius 3 is 1.79 bits per heavy atom. The first kappa shape index (κ1) is 22.8. The van der Waals surface area contributed by atoms with Gasteiger partial charge in [-0.1, -0.05) is 131 Å². The van der Waals surface area contributed by atoms with Gasteiger partial charge in [-0.25, -0.2) is 0 Å². The van der Waals surface area contributed by atoms with Gasteiger partial charge >= 0.3 is 0 Å². The standard InChI is InChI=1S/C36H24BrN/c37-34-17-9-7-15-30(34)27-19-21-32-31-16-8-10-18-35(31)38(36(32)23-27)28-20-22-29(25-11-3-1-4-12-25)33(24-28)26-13-5-2-6-14-26/h1-24H. The van der Waals surface area contributed by atoms with Gasteiger partial charge in [0, 0.05) is 20.9 Å². The fourth-order valence-electron chi connectivity index (χ4n) is 5.51. The molecule has 0 aliphatic carbocycles. The fraction of sp³-hybridized carbons (Fsp3) is 0. The van der Waals surface area contributed by atoms with Crippen molar-refractivity contribution in [1.82, 2.24) is 4.57 Å². The zero-order valence-electron chi connectivity index (χ0n) is 20.7. The summed E-state index contributed by atoms with van der Waals surface area (Å²) in [5, 5.41) is 2.51. The Morgan fingerprint density at radius 1 is 0.395 bits per heavy atom. The third kappa shape index (κ3) is 3.86. The molecule has 2 heteroatoms. The number of halogens is 1. The maximum absolute atomic E-state index is 3.75. The minimum atomic E-state index is 1.10. The largest absolute Gasteiger partial charge is 0.309 e. The summed E-state index contributed by atoms with van der Waals surface area (Å²) >= 11 is 3.75. The lowest BCUT2D eigenvalue weighted by Crippen LogP contribution is -1.96. The molecule has 1 aromatic heterocycles. The van der Waals surface area contributed by atoms with Crippen LogP contribution in [0.4, 0.5) is 0 Å². The van der Waals surface area contributed by atoms with E-state index in [-0.39, 0.29) is 0 Å². The zero-order chi connectivity index (χ0) is 25.5. The van der Waals surface area contributed by atoms with E-state index < -0.39 is 0 Å². The van der Waals surface area contributed by atoms with Crippen LogP contribution < -0.4 is 0 Å². The van der Waals surface area contributed by atoms with Crippen molar-refractivity contribution < 1.29 is 0 Å². The molecular formula is C36H24BrN. The summed E-state index contributed by atoms with van der Waals surface area (Å²) in [5.74, 6) is 0. The highest BCUT2D eigenvalue weighted by atomic mass is 79.9. The number of aromatic nitrogens is 1. The van der Waals surface area contributed by atoms with Crippen molar-refractivity contribution in [3.05, 3.63) is 150 Å². The van der Waals surface area contributed by atoms with Crippen LogP contribution in [0.3, 0.4) is 0 Å². The van der Waals surface area contributed by atoms with Gasteiger partial charge in [-0.2, -0.15) is 0 Å². The Labute approximate surface area is 230 Å². The maximum atomic E-state index is 3.75. The average Bonchev–Trinajstić information content (AvgIpc) is 3.32. The van der Waals surface area contributed by atoms with Crippen molar-refractivity contribution in [2.45, 2.75) is 0 Å². The van der Waals surface area contributed by atoms with Crippen molar-refractivity contribution in [3.8, 4) is 39.1 Å². The summed E-state index contributed by atoms with van der Waals surface area (Å²) in [5.41, 5.74) is 10.8. The molecule has 0 fully saturated rings. The summed E-state index contributed by atoms with van der Waals surface area (Å²) in [6.07, 6.45) is 0. The van der Waals surface area contributed by atoms with E-state index in [1.165, 1.54) is 55.2 Å². The van der Waals surface area contributed by atoms with Gasteiger partial charge in [0.15, 0.2) is 0 Å². The lowest BCUT2D eigenvalue weighted by Gasteiger charge is -2.15. The lowest BCUT2D eigenvalue weighted by molar-refractivity contribution is 1.18. The van der Waals surface area contributed by atoms with Crippen molar-refractivity contribution in [2.24, 2.45) is 0 Å². The van der Waals surface area contributed by atoms with Crippen LogP contribution in [0, 0.1) is 0 Å². The first-order valence-electron chi connectivity index (χ1n) is 12.8. The summed E-state index contributed by atoms with van der Waals surface area (Å²) in [7, 11) is 0. The van der Waals surface area contributed by atoms with Gasteiger partial charge < -0.3 is 4.57 Å². The highest BCUT2D eigenvalue weighted by molar-refractivity contribution is 9.10. The van der Waals surface area contributed by atoms with E-state index in [0.29, 0.717) is 0 Å². The molecule has 6 aromatic carbocycles. The van der Waals surface area contributed by atoms with E-state index in [9.17, 15) is 0 Å². The van der Waals surface area contributed by atoms with Crippen molar-refractivity contribution in [2.75, 3.05) is 0 Å². The fourth-order valence-corrected chi connectivity index (χ4v) is 6.02. The molecule has 7 aromatic rings. The molecule has 38 heavy (non-hydrogen) atoms. The third-order valence-corrected chi connectivity index (χ3v) is 7.98. The van der Waals surface area contributed by atoms with Crippen LogP contribution in [-0.2, 0) is 0 Å². The Bertz CT molecular complexity index is 1920. The number of rotatable bonds is 4. The molecule has 1 nitrogen and oxygen atoms in total. The summed E-state index contributed by atoms with van der Waals surface area (Å²) in [6.45, 7) is 0. The van der Waals surface area contributed by atoms with E-state index in [1.54, 1.807) is 0 Å². The van der Waals surface area contributed by atoms with Gasteiger partial charge in [0.2, 0.25) is 0 Å². The highest BCUT2D eigenvalue weighted by Gasteiger charge is 2.16. The van der Waals surface area contributed by atoms with Gasteiger partial charge in [0.05, 0.1) is 11.0 Å². The molecule has 0 unspecified atom stereocenters. The summed E-state index contributed by atoms with van der Waals surface area (Å²) in [4.78, 5) is 0. The Kier molecular flexibility index (Phi) is 5.68. The average molecular weight is 550 g/mol. The number of fused-ring (bicyclic) bond motifs is 3. The second-order valence-electron chi connectivity index (χ2n) is 9.53. The smallest absolute Gasteiger partial charge is 0.0547 e. The Hall–Kier alpha value is -4.40. The van der Waals surface area contributed by atoms with Crippen LogP contribution in [0.1, 0.15) is 0 Å². The summed E-state index contributed by atoms with van der Waals surface area (Å²) < 4.78 is 3.51. The van der Waals surface area contributed by atoms with Crippen LogP contribution in [-0.4, -0.2) is 4.57 Å². The van der Waals surface area contributed by atoms with Gasteiger partial charge in [-0.15, -0.1) is 0 Å². The molecule has 0 atom stereocenters. The Morgan fingerprint density at radius 2 is 1.03 bits per heavy atom. The SMILES string of the molecule is Brc1ccccc1-c1ccc2c3ccccc3n(-c3ccc(-c4ccccc4)c(-c4ccccc4)c3)c2c1. The van der Waals surface area contributed by atoms with E-state index >= 15 is 0 Å². The molecule has 7 rings (SSSR count). The molecule has 0 radical (unpaired) electrons. The molecule has 0 N–H and O–H groups in total. The second kappa shape index (κ2) is 9.48. The molecule has 0 spiro atoms. The first-order valence-corrected chi connectivity index (χ1v) is 13.6. The van der Waals surface area contributed by atoms with Crippen LogP contribution >= 0.6 is 15.9 Å². The zero-order valence-corrected chi connectivity index (χ0v) is 22.3. The Balaban J connectivity index is 1.52. The van der Waals surface area contributed by atoms with Crippen LogP contribution in [0.25, 0.3) is 60.9 Å². The molecule has 180 valence electrons. The second-order valence-corrected chi connectivity index (χ2v) is 10.4. The van der Waals surface area contributed by atoms with Gasteiger partial charge in [-0.3, -0.25) is 0 Å². The quantitative estimate of drug-likeness (QED) is 0.205. The van der Waals surface area contributed by atoms with Crippen LogP contribution in [0.15, 0.2) is 150 Å². The molecule has 0 bridgehead atoms. The molecule has 0 amide bonds. The van der Waals surface area contributed by atoms with E-state index in [0.717, 1.165) is 10.2 Å². The predicted molar refractivity (Wildman–Crippen MR) is 165 cm³/mol. The number of para-hydroxylation sites is 1. The van der Waals surface area contributed by atoms with Crippen molar-refractivity contribution in [3.63, 3.8) is 0 Å². The molecule has 0 saturated carbocycles. The number of hydrogen-bond donors (Lipinski definition) is 0. The van der Waals surface area contributed by atoms with Gasteiger partial charge in [0.1, 0.15) is 0 Å². The monoisotopic (exact) mass is 549 g/mol. The highest BCUT2D eigenvalue weighted by Crippen LogP contribution is 2.39. The van der Waals surface area contributed by atoms with Gasteiger partial charge in [-0.05, 0) is 63.7 Å². The van der Waals surface area contributed by atoms with Crippen LogP contribution in [0.2, 0.25) is 0 Å². The number of hydrogen-bond acceptors (Lipinski definition) is 0. The minimum Gasteiger partial charge on any atom is -0.309 e. The maximum Gasteiger partial charge on any atom is 0.0547 e. The van der Waals surface area contributed by atoms with E-state index in [1.807, 2.05) is 0 Å². The van der Waals surface area contributed by atoms with Crippen molar-refractivity contribution in [1.29, 1.82) is 0 Å². The van der Waals surface area contributed by atoms with Crippen molar-refractivity contribution >= 4 is 37.7 Å². The lowest BCUT2D eigenvalue weighted by atomic mass is 9.94. The predicted octanol–water partition coefficient (Wildman–Crippen LogP) is 10.5. The van der Waals surface area contributed by atoms with E-state index in [4.69, 9.17) is 0 Å². The molecule has 0 saturated heterocycles. The summed E-state index contributed by atoms with van der Waals surface area (Å²) in [6, 6.07) is 52.1. The molecule has 0 aliphatic heterocycles. The van der Waals surface area contributed by atoms with Crippen LogP contribution in [0.5, 0.6) is 0 Å². The number of nitrogens with zero attached hydrogens (tertiary/aromatic N) is 1. The topological polar surface area (TPSA) is 4.93 Å². The normalized spacial score (nSPS) is 11.3. The van der Waals surface area contributed by atoms with E-state index in [2.05, 4.69) is 166 Å². The molecule has 0 aliphatic rings. The minimum absolute atomic E-state index is 1.10. The molecular weight excluding hydrogens is 526 g/mol. The van der Waals surface area contributed by atoms with Gasteiger partial charge in [0.25, 0.3) is 0 Å². The third-order valence-electron chi connectivity index (χ3n) is 7.29. The molecule has 1 heterocycles. The number of benzene rings is 6.